The Labute approximate surface area is 115 Å². The average Bonchev–Trinajstić information content (AvgIpc) is 2.38. The summed E-state index contributed by atoms with van der Waals surface area (Å²) in [6, 6.07) is 8.82. The van der Waals surface area contributed by atoms with Crippen molar-refractivity contribution < 1.29 is 9.53 Å². The third kappa shape index (κ3) is 3.69. The van der Waals surface area contributed by atoms with Crippen molar-refractivity contribution in [1.82, 2.24) is 0 Å². The van der Waals surface area contributed by atoms with Gasteiger partial charge in [0.1, 0.15) is 6.07 Å². The summed E-state index contributed by atoms with van der Waals surface area (Å²) in [7, 11) is 1.23. The van der Waals surface area contributed by atoms with Crippen LogP contribution in [0.15, 0.2) is 34.9 Å². The second kappa shape index (κ2) is 6.94. The Morgan fingerprint density at radius 3 is 2.78 bits per heavy atom. The van der Waals surface area contributed by atoms with Crippen LogP contribution in [-0.4, -0.2) is 19.3 Å². The molecule has 6 heteroatoms. The summed E-state index contributed by atoms with van der Waals surface area (Å²) in [6.45, 7) is 0. The molecule has 0 aromatic heterocycles. The molecular formula is C12H11ClN2O2S. The number of anilines is 1. The van der Waals surface area contributed by atoms with Crippen LogP contribution in [0.4, 0.5) is 5.69 Å². The minimum atomic E-state index is -0.670. The van der Waals surface area contributed by atoms with Gasteiger partial charge < -0.3 is 10.1 Å². The maximum Gasteiger partial charge on any atom is 0.351 e. The Kier molecular flexibility index (Phi) is 5.56. The third-order valence-corrected chi connectivity index (χ3v) is 2.96. The van der Waals surface area contributed by atoms with Gasteiger partial charge in [0.05, 0.1) is 12.1 Å². The van der Waals surface area contributed by atoms with Gasteiger partial charge in [-0.15, -0.1) is 11.8 Å². The van der Waals surface area contributed by atoms with E-state index in [-0.39, 0.29) is 5.57 Å². The highest BCUT2D eigenvalue weighted by Gasteiger charge is 2.15. The normalized spacial score (nSPS) is 11.2. The number of nitrogens with zero attached hydrogens (tertiary/aromatic N) is 1. The zero-order valence-electron chi connectivity index (χ0n) is 9.86. The molecule has 0 fully saturated rings. The zero-order chi connectivity index (χ0) is 13.5. The monoisotopic (exact) mass is 282 g/mol. The second-order valence-corrected chi connectivity index (χ2v) is 4.40. The van der Waals surface area contributed by atoms with Crippen molar-refractivity contribution in [1.29, 1.82) is 5.26 Å². The molecule has 0 amide bonds. The highest BCUT2D eigenvalue weighted by molar-refractivity contribution is 8.02. The number of nitrogens with one attached hydrogen (secondary N) is 1. The van der Waals surface area contributed by atoms with Gasteiger partial charge in [-0.3, -0.25) is 0 Å². The van der Waals surface area contributed by atoms with Gasteiger partial charge in [0.2, 0.25) is 0 Å². The molecule has 0 aliphatic heterocycles. The summed E-state index contributed by atoms with van der Waals surface area (Å²) in [6.07, 6.45) is 1.76. The average molecular weight is 283 g/mol. The van der Waals surface area contributed by atoms with E-state index >= 15 is 0 Å². The van der Waals surface area contributed by atoms with E-state index in [0.717, 1.165) is 0 Å². The van der Waals surface area contributed by atoms with Gasteiger partial charge in [0.15, 0.2) is 5.57 Å². The van der Waals surface area contributed by atoms with Crippen molar-refractivity contribution in [2.75, 3.05) is 18.7 Å². The first-order valence-electron chi connectivity index (χ1n) is 4.91. The number of benzene rings is 1. The lowest BCUT2D eigenvalue weighted by atomic mass is 10.3. The van der Waals surface area contributed by atoms with Crippen LogP contribution in [-0.2, 0) is 9.53 Å². The number of rotatable bonds is 4. The number of halogens is 1. The summed E-state index contributed by atoms with van der Waals surface area (Å²) in [5.74, 6) is -0.670. The summed E-state index contributed by atoms with van der Waals surface area (Å²) in [4.78, 5) is 11.4. The van der Waals surface area contributed by atoms with Gasteiger partial charge in [0, 0.05) is 10.7 Å². The van der Waals surface area contributed by atoms with Gasteiger partial charge in [0.25, 0.3) is 0 Å². The molecule has 0 saturated carbocycles. The Morgan fingerprint density at radius 1 is 1.56 bits per heavy atom. The molecule has 0 radical (unpaired) electrons. The molecule has 0 unspecified atom stereocenters. The van der Waals surface area contributed by atoms with Gasteiger partial charge >= 0.3 is 5.97 Å². The highest BCUT2D eigenvalue weighted by atomic mass is 35.5. The summed E-state index contributed by atoms with van der Waals surface area (Å²) >= 11 is 7.10. The van der Waals surface area contributed by atoms with E-state index < -0.39 is 5.97 Å². The van der Waals surface area contributed by atoms with E-state index in [0.29, 0.717) is 15.7 Å². The largest absolute Gasteiger partial charge is 0.465 e. The second-order valence-electron chi connectivity index (χ2n) is 3.15. The Bertz CT molecular complexity index is 523. The fourth-order valence-electron chi connectivity index (χ4n) is 1.20. The molecule has 1 rings (SSSR count). The molecule has 1 aromatic carbocycles. The van der Waals surface area contributed by atoms with Crippen LogP contribution in [0, 0.1) is 11.3 Å². The molecule has 1 aromatic rings. The molecule has 0 aliphatic carbocycles. The lowest BCUT2D eigenvalue weighted by Crippen LogP contribution is -2.09. The molecule has 0 aliphatic rings. The van der Waals surface area contributed by atoms with Crippen molar-refractivity contribution >= 4 is 35.0 Å². The van der Waals surface area contributed by atoms with E-state index in [1.54, 1.807) is 30.5 Å². The molecule has 1 N–H and O–H groups in total. The highest BCUT2D eigenvalue weighted by Crippen LogP contribution is 2.23. The molecule has 0 bridgehead atoms. The van der Waals surface area contributed by atoms with Crippen LogP contribution in [0.25, 0.3) is 0 Å². The molecular weight excluding hydrogens is 272 g/mol. The maximum absolute atomic E-state index is 11.4. The first kappa shape index (κ1) is 14.4. The SMILES string of the molecule is COC(=O)C(C#N)=C(Nc1cccc(Cl)c1)SC. The maximum atomic E-state index is 11.4. The van der Waals surface area contributed by atoms with Crippen molar-refractivity contribution in [3.05, 3.63) is 39.9 Å². The first-order valence-corrected chi connectivity index (χ1v) is 6.52. The zero-order valence-corrected chi connectivity index (χ0v) is 11.4. The Hall–Kier alpha value is -1.64. The smallest absolute Gasteiger partial charge is 0.351 e. The predicted molar refractivity (Wildman–Crippen MR) is 73.2 cm³/mol. The summed E-state index contributed by atoms with van der Waals surface area (Å²) in [5, 5.41) is 12.9. The third-order valence-electron chi connectivity index (χ3n) is 2.01. The first-order chi connectivity index (χ1) is 8.62. The number of carbonyl (C=O) groups excluding carboxylic acids is 1. The van der Waals surface area contributed by atoms with Crippen molar-refractivity contribution in [3.8, 4) is 6.07 Å². The van der Waals surface area contributed by atoms with Gasteiger partial charge in [-0.25, -0.2) is 4.79 Å². The Balaban J connectivity index is 3.07. The van der Waals surface area contributed by atoms with Crippen LogP contribution in [0.5, 0.6) is 0 Å². The number of hydrogen-bond acceptors (Lipinski definition) is 5. The standard InChI is InChI=1S/C12H11ClN2O2S/c1-17-12(16)10(7-14)11(18-2)15-9-5-3-4-8(13)6-9/h3-6,15H,1-2H3. The summed E-state index contributed by atoms with van der Waals surface area (Å²) < 4.78 is 4.55. The van der Waals surface area contributed by atoms with Crippen LogP contribution in [0.1, 0.15) is 0 Å². The molecule has 0 atom stereocenters. The van der Waals surface area contributed by atoms with Crippen molar-refractivity contribution in [2.24, 2.45) is 0 Å². The fourth-order valence-corrected chi connectivity index (χ4v) is 1.95. The number of esters is 1. The molecule has 0 heterocycles. The summed E-state index contributed by atoms with van der Waals surface area (Å²) in [5.41, 5.74) is 0.633. The Morgan fingerprint density at radius 2 is 2.28 bits per heavy atom. The number of hydrogen-bond donors (Lipinski definition) is 1. The van der Waals surface area contributed by atoms with E-state index in [1.807, 2.05) is 6.07 Å². The number of nitriles is 1. The van der Waals surface area contributed by atoms with Crippen LogP contribution in [0.3, 0.4) is 0 Å². The molecule has 0 saturated heterocycles. The van der Waals surface area contributed by atoms with Crippen LogP contribution < -0.4 is 5.32 Å². The molecule has 94 valence electrons. The van der Waals surface area contributed by atoms with Crippen molar-refractivity contribution in [3.63, 3.8) is 0 Å². The van der Waals surface area contributed by atoms with Crippen molar-refractivity contribution in [2.45, 2.75) is 0 Å². The van der Waals surface area contributed by atoms with Gasteiger partial charge in [-0.05, 0) is 24.5 Å². The topological polar surface area (TPSA) is 62.1 Å². The molecule has 18 heavy (non-hydrogen) atoms. The minimum absolute atomic E-state index is 0.0648. The minimum Gasteiger partial charge on any atom is -0.465 e. The van der Waals surface area contributed by atoms with Gasteiger partial charge in [-0.1, -0.05) is 17.7 Å². The van der Waals surface area contributed by atoms with E-state index in [2.05, 4.69) is 10.1 Å². The molecule has 0 spiro atoms. The predicted octanol–water partition coefficient (Wildman–Crippen LogP) is 3.02. The number of thioether (sulfide) groups is 1. The number of ether oxygens (including phenoxy) is 1. The quantitative estimate of drug-likeness (QED) is 0.522. The number of carbonyl (C=O) groups is 1. The lowest BCUT2D eigenvalue weighted by Gasteiger charge is -2.10. The lowest BCUT2D eigenvalue weighted by molar-refractivity contribution is -0.135. The van der Waals surface area contributed by atoms with E-state index in [4.69, 9.17) is 16.9 Å². The van der Waals surface area contributed by atoms with E-state index in [1.165, 1.54) is 18.9 Å². The number of methoxy groups -OCH3 is 1. The fraction of sp³-hybridized carbons (Fsp3) is 0.167. The van der Waals surface area contributed by atoms with Crippen LogP contribution >= 0.6 is 23.4 Å². The van der Waals surface area contributed by atoms with Gasteiger partial charge in [-0.2, -0.15) is 5.26 Å². The van der Waals surface area contributed by atoms with Crippen LogP contribution in [0.2, 0.25) is 5.02 Å². The molecule has 4 nitrogen and oxygen atoms in total. The van der Waals surface area contributed by atoms with E-state index in [9.17, 15) is 4.79 Å².